The van der Waals surface area contributed by atoms with Gasteiger partial charge >= 0.3 is 0 Å². The third-order valence-electron chi connectivity index (χ3n) is 2.59. The summed E-state index contributed by atoms with van der Waals surface area (Å²) in [4.78, 5) is 0. The molecule has 3 heteroatoms. The van der Waals surface area contributed by atoms with Crippen LogP contribution in [-0.2, 0) is 15.9 Å². The molecule has 0 spiro atoms. The fraction of sp³-hybridized carbons (Fsp3) is 0.625. The highest BCUT2D eigenvalue weighted by atomic mass is 16.5. The van der Waals surface area contributed by atoms with E-state index in [9.17, 15) is 0 Å². The van der Waals surface area contributed by atoms with Crippen molar-refractivity contribution in [2.75, 3.05) is 33.5 Å². The van der Waals surface area contributed by atoms with Crippen LogP contribution in [0.5, 0.6) is 5.75 Å². The second kappa shape index (κ2) is 8.18. The van der Waals surface area contributed by atoms with Crippen LogP contribution in [0.25, 0.3) is 0 Å². The Labute approximate surface area is 116 Å². The van der Waals surface area contributed by atoms with Crippen LogP contribution in [0.4, 0.5) is 0 Å². The van der Waals surface area contributed by atoms with Crippen molar-refractivity contribution >= 4 is 0 Å². The Balaban J connectivity index is 2.25. The molecule has 0 fully saturated rings. The van der Waals surface area contributed by atoms with Crippen LogP contribution in [0.15, 0.2) is 24.3 Å². The van der Waals surface area contributed by atoms with E-state index < -0.39 is 0 Å². The fourth-order valence-corrected chi connectivity index (χ4v) is 1.78. The lowest BCUT2D eigenvalue weighted by atomic mass is 9.88. The molecule has 0 bridgehead atoms. The minimum Gasteiger partial charge on any atom is -0.491 e. The van der Waals surface area contributed by atoms with Crippen LogP contribution in [0.1, 0.15) is 26.3 Å². The molecule has 0 saturated heterocycles. The van der Waals surface area contributed by atoms with Crippen molar-refractivity contribution in [3.63, 3.8) is 0 Å². The molecule has 0 N–H and O–H groups in total. The number of methoxy groups -OCH3 is 1. The Morgan fingerprint density at radius 2 is 1.53 bits per heavy atom. The van der Waals surface area contributed by atoms with Gasteiger partial charge in [-0.1, -0.05) is 32.9 Å². The van der Waals surface area contributed by atoms with E-state index in [1.54, 1.807) is 7.11 Å². The predicted octanol–water partition coefficient (Wildman–Crippen LogP) is 3.32. The van der Waals surface area contributed by atoms with Crippen molar-refractivity contribution in [2.24, 2.45) is 5.41 Å². The number of benzene rings is 1. The molecule has 0 saturated carbocycles. The Bertz CT molecular complexity index is 338. The summed E-state index contributed by atoms with van der Waals surface area (Å²) >= 11 is 0. The van der Waals surface area contributed by atoms with Gasteiger partial charge in [0.05, 0.1) is 19.8 Å². The van der Waals surface area contributed by atoms with Crippen molar-refractivity contribution in [3.05, 3.63) is 29.8 Å². The van der Waals surface area contributed by atoms with Gasteiger partial charge in [0.2, 0.25) is 0 Å². The lowest BCUT2D eigenvalue weighted by molar-refractivity contribution is 0.0544. The molecule has 0 atom stereocenters. The first-order valence-electron chi connectivity index (χ1n) is 6.80. The van der Waals surface area contributed by atoms with Crippen molar-refractivity contribution < 1.29 is 14.2 Å². The largest absolute Gasteiger partial charge is 0.491 e. The summed E-state index contributed by atoms with van der Waals surface area (Å²) in [5.74, 6) is 0.896. The van der Waals surface area contributed by atoms with Crippen molar-refractivity contribution in [1.29, 1.82) is 0 Å². The van der Waals surface area contributed by atoms with Crippen LogP contribution in [-0.4, -0.2) is 33.5 Å². The van der Waals surface area contributed by atoms with Gasteiger partial charge in [0.25, 0.3) is 0 Å². The van der Waals surface area contributed by atoms with E-state index in [1.807, 2.05) is 12.1 Å². The molecular formula is C16H26O3. The van der Waals surface area contributed by atoms with Gasteiger partial charge in [-0.25, -0.2) is 0 Å². The summed E-state index contributed by atoms with van der Waals surface area (Å²) in [5.41, 5.74) is 1.66. The number of ether oxygens (including phenoxy) is 3. The second-order valence-electron chi connectivity index (χ2n) is 5.84. The van der Waals surface area contributed by atoms with Gasteiger partial charge in [0, 0.05) is 7.11 Å². The zero-order valence-electron chi connectivity index (χ0n) is 12.6. The van der Waals surface area contributed by atoms with Gasteiger partial charge in [0.15, 0.2) is 0 Å². The van der Waals surface area contributed by atoms with Crippen molar-refractivity contribution in [1.82, 2.24) is 0 Å². The molecule has 19 heavy (non-hydrogen) atoms. The standard InChI is InChI=1S/C16H26O3/c1-16(2,3)13-14-5-7-15(8-6-14)19-12-11-18-10-9-17-4/h5-8H,9-13H2,1-4H3. The lowest BCUT2D eigenvalue weighted by Gasteiger charge is -2.18. The first kappa shape index (κ1) is 16.0. The fourth-order valence-electron chi connectivity index (χ4n) is 1.78. The molecule has 1 aromatic rings. The topological polar surface area (TPSA) is 27.7 Å². The summed E-state index contributed by atoms with van der Waals surface area (Å²) in [6, 6.07) is 8.31. The molecule has 108 valence electrons. The van der Waals surface area contributed by atoms with E-state index in [0.29, 0.717) is 31.8 Å². The Morgan fingerprint density at radius 3 is 2.11 bits per heavy atom. The van der Waals surface area contributed by atoms with Crippen LogP contribution in [0.2, 0.25) is 0 Å². The molecule has 1 rings (SSSR count). The Kier molecular flexibility index (Phi) is 6.89. The molecule has 0 aromatic heterocycles. The van der Waals surface area contributed by atoms with E-state index >= 15 is 0 Å². The molecule has 0 heterocycles. The monoisotopic (exact) mass is 266 g/mol. The minimum atomic E-state index is 0.317. The van der Waals surface area contributed by atoms with E-state index in [-0.39, 0.29) is 0 Å². The van der Waals surface area contributed by atoms with Crippen molar-refractivity contribution in [2.45, 2.75) is 27.2 Å². The van der Waals surface area contributed by atoms with Crippen molar-refractivity contribution in [3.8, 4) is 5.75 Å². The van der Waals surface area contributed by atoms with Gasteiger partial charge in [-0.15, -0.1) is 0 Å². The molecular weight excluding hydrogens is 240 g/mol. The first-order valence-corrected chi connectivity index (χ1v) is 6.80. The summed E-state index contributed by atoms with van der Waals surface area (Å²) in [6.07, 6.45) is 1.08. The highest BCUT2D eigenvalue weighted by molar-refractivity contribution is 5.27. The molecule has 0 unspecified atom stereocenters. The number of rotatable bonds is 8. The number of hydrogen-bond donors (Lipinski definition) is 0. The molecule has 0 radical (unpaired) electrons. The van der Waals surface area contributed by atoms with E-state index in [1.165, 1.54) is 5.56 Å². The van der Waals surface area contributed by atoms with Crippen LogP contribution >= 0.6 is 0 Å². The smallest absolute Gasteiger partial charge is 0.119 e. The third kappa shape index (κ3) is 7.85. The lowest BCUT2D eigenvalue weighted by Crippen LogP contribution is -2.10. The average molecular weight is 266 g/mol. The highest BCUT2D eigenvalue weighted by Gasteiger charge is 2.10. The molecule has 3 nitrogen and oxygen atoms in total. The molecule has 0 aliphatic heterocycles. The third-order valence-corrected chi connectivity index (χ3v) is 2.59. The molecule has 1 aromatic carbocycles. The van der Waals surface area contributed by atoms with E-state index in [0.717, 1.165) is 12.2 Å². The van der Waals surface area contributed by atoms with Gasteiger partial charge in [-0.3, -0.25) is 0 Å². The van der Waals surface area contributed by atoms with Crippen LogP contribution in [0, 0.1) is 5.41 Å². The Morgan fingerprint density at radius 1 is 0.895 bits per heavy atom. The average Bonchev–Trinajstić information content (AvgIpc) is 2.34. The maximum atomic E-state index is 5.61. The van der Waals surface area contributed by atoms with Crippen LogP contribution < -0.4 is 4.74 Å². The van der Waals surface area contributed by atoms with Gasteiger partial charge in [0.1, 0.15) is 12.4 Å². The summed E-state index contributed by atoms with van der Waals surface area (Å²) in [6.45, 7) is 9.14. The highest BCUT2D eigenvalue weighted by Crippen LogP contribution is 2.22. The van der Waals surface area contributed by atoms with Gasteiger partial charge in [-0.05, 0) is 29.5 Å². The zero-order valence-corrected chi connectivity index (χ0v) is 12.6. The first-order chi connectivity index (χ1) is 9.01. The normalized spacial score (nSPS) is 11.6. The minimum absolute atomic E-state index is 0.317. The predicted molar refractivity (Wildman–Crippen MR) is 77.8 cm³/mol. The second-order valence-corrected chi connectivity index (χ2v) is 5.84. The van der Waals surface area contributed by atoms with E-state index in [2.05, 4.69) is 32.9 Å². The summed E-state index contributed by atoms with van der Waals surface area (Å²) in [7, 11) is 1.67. The maximum Gasteiger partial charge on any atom is 0.119 e. The zero-order chi connectivity index (χ0) is 14.1. The SMILES string of the molecule is COCCOCCOc1ccc(CC(C)(C)C)cc1. The molecule has 0 amide bonds. The maximum absolute atomic E-state index is 5.61. The molecule has 0 aliphatic rings. The molecule has 0 aliphatic carbocycles. The van der Waals surface area contributed by atoms with Gasteiger partial charge < -0.3 is 14.2 Å². The van der Waals surface area contributed by atoms with Crippen LogP contribution in [0.3, 0.4) is 0 Å². The summed E-state index contributed by atoms with van der Waals surface area (Å²) in [5, 5.41) is 0. The number of hydrogen-bond acceptors (Lipinski definition) is 3. The van der Waals surface area contributed by atoms with E-state index in [4.69, 9.17) is 14.2 Å². The summed E-state index contributed by atoms with van der Waals surface area (Å²) < 4.78 is 15.8. The quantitative estimate of drug-likeness (QED) is 0.676. The Hall–Kier alpha value is -1.06. The van der Waals surface area contributed by atoms with Gasteiger partial charge in [-0.2, -0.15) is 0 Å².